The van der Waals surface area contributed by atoms with Crippen LogP contribution >= 0.6 is 0 Å². The molecule has 15 heteroatoms. The number of methoxy groups -OCH3 is 1. The van der Waals surface area contributed by atoms with Crippen LogP contribution in [-0.4, -0.2) is 151 Å². The van der Waals surface area contributed by atoms with E-state index in [1.165, 1.54) is 21.0 Å². The van der Waals surface area contributed by atoms with Crippen molar-refractivity contribution in [1.29, 1.82) is 0 Å². The lowest BCUT2D eigenvalue weighted by Crippen LogP contribution is -2.62. The van der Waals surface area contributed by atoms with Gasteiger partial charge in [-0.1, -0.05) is 27.7 Å². The zero-order valence-electron chi connectivity index (χ0n) is 34.8. The fourth-order valence-electron chi connectivity index (χ4n) is 8.68. The lowest BCUT2D eigenvalue weighted by molar-refractivity contribution is -0.316. The molecule has 54 heavy (non-hydrogen) atoms. The number of nitrogens with one attached hydrogen (secondary N) is 1. The summed E-state index contributed by atoms with van der Waals surface area (Å²) in [7, 11) is 1.48. The summed E-state index contributed by atoms with van der Waals surface area (Å²) >= 11 is 0. The van der Waals surface area contributed by atoms with E-state index in [0.717, 1.165) is 0 Å². The molecule has 3 saturated heterocycles. The van der Waals surface area contributed by atoms with Crippen molar-refractivity contribution in [2.75, 3.05) is 13.7 Å². The summed E-state index contributed by atoms with van der Waals surface area (Å²) in [6.07, 6.45) is -11.3. The van der Waals surface area contributed by atoms with Crippen molar-refractivity contribution in [2.45, 2.75) is 205 Å². The van der Waals surface area contributed by atoms with Gasteiger partial charge in [-0.05, 0) is 80.6 Å². The number of ether oxygens (including phenoxy) is 6. The molecule has 15 nitrogen and oxygen atoms in total. The van der Waals surface area contributed by atoms with Gasteiger partial charge in [0.25, 0.3) is 0 Å². The molecule has 3 fully saturated rings. The first kappa shape index (κ1) is 47.3. The van der Waals surface area contributed by atoms with Crippen LogP contribution in [0.1, 0.15) is 109 Å². The average Bonchev–Trinajstić information content (AvgIpc) is 3.08. The van der Waals surface area contributed by atoms with Crippen LogP contribution < -0.4 is 5.32 Å². The van der Waals surface area contributed by atoms with Crippen LogP contribution in [0.25, 0.3) is 0 Å². The standard InChI is InChI=1S/C39H73NO14/c1-14-26-39(12,48)31(43)21(4)28(41)19(2)16-37(10,47)33(54-35-29(42)25(15-20(3)50-35)40-18-36(8,9)46)22(5)30(23(6)34(45)52-26)53-27-17-38(11,49-13)32(44)24(7)51-27/h19-33,35,40-44,46-48H,14-18H2,1-13H3/t19-,20-,21+,22+,23-,24+,25+,26-,27-,28+,29-,30+,31-,32+,33-,35+,37-,38-,39-/m1/s1. The number of hydrogen-bond donors (Lipinski definition) is 8. The first-order valence-electron chi connectivity index (χ1n) is 19.7. The molecule has 0 aromatic heterocycles. The molecule has 0 bridgehead atoms. The maximum Gasteiger partial charge on any atom is 0.311 e. The molecule has 0 aliphatic carbocycles. The Morgan fingerprint density at radius 3 is 2.06 bits per heavy atom. The number of aliphatic hydroxyl groups excluding tert-OH is 4. The summed E-state index contributed by atoms with van der Waals surface area (Å²) in [6, 6.07) is -0.540. The molecule has 0 saturated carbocycles. The topological polar surface area (TPSA) is 226 Å². The van der Waals surface area contributed by atoms with Gasteiger partial charge < -0.3 is 69.5 Å². The number of cyclic esters (lactones) is 1. The molecule has 318 valence electrons. The predicted octanol–water partition coefficient (Wildman–Crippen LogP) is 1.38. The fourth-order valence-corrected chi connectivity index (χ4v) is 8.68. The van der Waals surface area contributed by atoms with E-state index >= 15 is 0 Å². The molecule has 0 aromatic rings. The Balaban J connectivity index is 2.16. The second kappa shape index (κ2) is 18.3. The third-order valence-corrected chi connectivity index (χ3v) is 12.2. The monoisotopic (exact) mass is 780 g/mol. The van der Waals surface area contributed by atoms with Crippen molar-refractivity contribution >= 4 is 5.97 Å². The van der Waals surface area contributed by atoms with Gasteiger partial charge in [0.15, 0.2) is 12.6 Å². The Bertz CT molecular complexity index is 1200. The highest BCUT2D eigenvalue weighted by molar-refractivity contribution is 5.73. The van der Waals surface area contributed by atoms with E-state index in [1.807, 2.05) is 6.92 Å². The van der Waals surface area contributed by atoms with Crippen LogP contribution in [0.3, 0.4) is 0 Å². The maximum absolute atomic E-state index is 14.1. The van der Waals surface area contributed by atoms with Gasteiger partial charge in [0.05, 0.1) is 59.3 Å². The van der Waals surface area contributed by atoms with Crippen molar-refractivity contribution in [3.05, 3.63) is 0 Å². The Morgan fingerprint density at radius 1 is 0.889 bits per heavy atom. The summed E-state index contributed by atoms with van der Waals surface area (Å²) < 4.78 is 37.2. The van der Waals surface area contributed by atoms with E-state index < -0.39 is 126 Å². The number of rotatable bonds is 9. The van der Waals surface area contributed by atoms with E-state index in [2.05, 4.69) is 5.32 Å². The van der Waals surface area contributed by atoms with E-state index in [-0.39, 0.29) is 25.8 Å². The van der Waals surface area contributed by atoms with Crippen LogP contribution in [0.15, 0.2) is 0 Å². The van der Waals surface area contributed by atoms with Crippen LogP contribution in [0.2, 0.25) is 0 Å². The molecule has 3 aliphatic rings. The molecule has 3 rings (SSSR count). The smallest absolute Gasteiger partial charge is 0.311 e. The summed E-state index contributed by atoms with van der Waals surface area (Å²) in [5, 5.41) is 83.2. The molecular formula is C39H73NO14. The predicted molar refractivity (Wildman–Crippen MR) is 198 cm³/mol. The largest absolute Gasteiger partial charge is 0.459 e. The average molecular weight is 780 g/mol. The van der Waals surface area contributed by atoms with Crippen molar-refractivity contribution < 1.29 is 69.0 Å². The van der Waals surface area contributed by atoms with Gasteiger partial charge >= 0.3 is 5.97 Å². The van der Waals surface area contributed by atoms with Crippen LogP contribution in [-0.2, 0) is 33.2 Å². The molecule has 0 radical (unpaired) electrons. The lowest BCUT2D eigenvalue weighted by atomic mass is 9.73. The summed E-state index contributed by atoms with van der Waals surface area (Å²) in [5.74, 6) is -4.28. The maximum atomic E-state index is 14.1. The first-order chi connectivity index (χ1) is 24.7. The van der Waals surface area contributed by atoms with E-state index in [4.69, 9.17) is 28.4 Å². The van der Waals surface area contributed by atoms with Crippen LogP contribution in [0, 0.1) is 23.7 Å². The number of hydrogen-bond acceptors (Lipinski definition) is 15. The molecule has 0 amide bonds. The molecule has 0 spiro atoms. The third-order valence-electron chi connectivity index (χ3n) is 12.2. The lowest BCUT2D eigenvalue weighted by Gasteiger charge is -2.49. The van der Waals surface area contributed by atoms with Crippen molar-refractivity contribution in [1.82, 2.24) is 5.32 Å². The minimum atomic E-state index is -1.95. The van der Waals surface area contributed by atoms with E-state index in [0.29, 0.717) is 6.42 Å². The Kier molecular flexibility index (Phi) is 16.0. The first-order valence-corrected chi connectivity index (χ1v) is 19.7. The normalized spacial score (nSPS) is 49.2. The molecular weight excluding hydrogens is 706 g/mol. The zero-order valence-corrected chi connectivity index (χ0v) is 34.8. The minimum absolute atomic E-state index is 0.0746. The Labute approximate surface area is 322 Å². The quantitative estimate of drug-likeness (QED) is 0.155. The van der Waals surface area contributed by atoms with Gasteiger partial charge in [-0.15, -0.1) is 0 Å². The molecule has 3 heterocycles. The Morgan fingerprint density at radius 2 is 1.50 bits per heavy atom. The van der Waals surface area contributed by atoms with Crippen molar-refractivity contribution in [3.63, 3.8) is 0 Å². The van der Waals surface area contributed by atoms with Crippen LogP contribution in [0.4, 0.5) is 0 Å². The van der Waals surface area contributed by atoms with Crippen LogP contribution in [0.5, 0.6) is 0 Å². The van der Waals surface area contributed by atoms with Gasteiger partial charge in [0.1, 0.15) is 23.9 Å². The molecule has 19 atom stereocenters. The second-order valence-corrected chi connectivity index (χ2v) is 18.0. The van der Waals surface area contributed by atoms with Crippen molar-refractivity contribution in [3.8, 4) is 0 Å². The van der Waals surface area contributed by atoms with E-state index in [9.17, 15) is 40.5 Å². The van der Waals surface area contributed by atoms with Gasteiger partial charge in [-0.25, -0.2) is 0 Å². The number of carbonyl (C=O) groups is 1. The highest BCUT2D eigenvalue weighted by Crippen LogP contribution is 2.41. The number of aliphatic hydroxyl groups is 7. The molecule has 8 N–H and O–H groups in total. The van der Waals surface area contributed by atoms with Gasteiger partial charge in [0, 0.05) is 38.0 Å². The molecule has 3 aliphatic heterocycles. The summed E-state index contributed by atoms with van der Waals surface area (Å²) in [6.45, 7) is 20.0. The molecule has 0 unspecified atom stereocenters. The minimum Gasteiger partial charge on any atom is -0.459 e. The van der Waals surface area contributed by atoms with Gasteiger partial charge in [-0.2, -0.15) is 0 Å². The summed E-state index contributed by atoms with van der Waals surface area (Å²) in [5.41, 5.74) is -5.87. The highest BCUT2D eigenvalue weighted by atomic mass is 16.7. The number of carbonyl (C=O) groups excluding carboxylic acids is 1. The highest BCUT2D eigenvalue weighted by Gasteiger charge is 2.53. The molecule has 0 aromatic carbocycles. The third kappa shape index (κ3) is 10.9. The number of esters is 1. The summed E-state index contributed by atoms with van der Waals surface area (Å²) in [4.78, 5) is 14.1. The zero-order chi connectivity index (χ0) is 41.3. The van der Waals surface area contributed by atoms with Gasteiger partial charge in [0.2, 0.25) is 0 Å². The van der Waals surface area contributed by atoms with E-state index in [1.54, 1.807) is 62.3 Å². The van der Waals surface area contributed by atoms with Gasteiger partial charge in [-0.3, -0.25) is 4.79 Å². The van der Waals surface area contributed by atoms with Crippen molar-refractivity contribution in [2.24, 2.45) is 23.7 Å². The fraction of sp³-hybridized carbons (Fsp3) is 0.974. The Hall–Kier alpha value is -1.05. The SMILES string of the molecule is CC[C@H]1OC(=O)[C@H](C)[C@@H](O[C@@H]2C[C@@](C)(OC)[C@@H](O)[C@H](C)O2)[C@H](C)[C@@H](O[C@@H]2O[C@H](C)C[C@H](NCC(C)(C)O)[C@H]2O)[C@](C)(O)C[C@@H](C)[C@H](O)[C@H](C)[C@@H](O)[C@]1(C)O. The second-order valence-electron chi connectivity index (χ2n) is 18.0.